The molecule has 5 nitrogen and oxygen atoms in total. The monoisotopic (exact) mass is 326 g/mol. The van der Waals surface area contributed by atoms with Crippen molar-refractivity contribution in [3.05, 3.63) is 51.2 Å². The molecule has 0 spiro atoms. The second-order valence-electron chi connectivity index (χ2n) is 5.46. The van der Waals surface area contributed by atoms with E-state index in [0.29, 0.717) is 12.1 Å². The minimum Gasteiger partial charge on any atom is -0.352 e. The molecule has 0 saturated heterocycles. The van der Waals surface area contributed by atoms with E-state index in [4.69, 9.17) is 0 Å². The number of benzene rings is 1. The highest BCUT2D eigenvalue weighted by atomic mass is 32.1. The van der Waals surface area contributed by atoms with Crippen LogP contribution in [0.4, 0.5) is 0 Å². The molecule has 6 heteroatoms. The molecule has 0 unspecified atom stereocenters. The van der Waals surface area contributed by atoms with Crippen molar-refractivity contribution in [2.75, 3.05) is 6.54 Å². The summed E-state index contributed by atoms with van der Waals surface area (Å²) >= 11 is 1.62. The minimum atomic E-state index is -0.0983. The van der Waals surface area contributed by atoms with Gasteiger partial charge in [0.25, 0.3) is 5.91 Å². The summed E-state index contributed by atoms with van der Waals surface area (Å²) in [4.78, 5) is 25.6. The number of fused-ring (bicyclic) bond motifs is 1. The van der Waals surface area contributed by atoms with Gasteiger partial charge in [-0.2, -0.15) is 0 Å². The molecular formula is C17H18N4OS. The fraction of sp³-hybridized carbons (Fsp3) is 0.294. The third kappa shape index (κ3) is 3.53. The lowest BCUT2D eigenvalue weighted by atomic mass is 10.1. The van der Waals surface area contributed by atoms with E-state index in [-0.39, 0.29) is 5.91 Å². The molecule has 0 bridgehead atoms. The Balaban J connectivity index is 1.69. The van der Waals surface area contributed by atoms with E-state index in [0.717, 1.165) is 39.5 Å². The summed E-state index contributed by atoms with van der Waals surface area (Å²) in [5.74, 6) is -0.0983. The van der Waals surface area contributed by atoms with Gasteiger partial charge in [0, 0.05) is 23.9 Å². The Morgan fingerprint density at radius 1 is 1.09 bits per heavy atom. The predicted octanol–water partition coefficient (Wildman–Crippen LogP) is 2.98. The molecule has 0 aliphatic carbocycles. The van der Waals surface area contributed by atoms with E-state index >= 15 is 0 Å². The Kier molecular flexibility index (Phi) is 4.34. The average Bonchev–Trinajstić information content (AvgIpc) is 2.93. The summed E-state index contributed by atoms with van der Waals surface area (Å²) in [5.41, 5.74) is 4.97. The zero-order valence-corrected chi connectivity index (χ0v) is 14.2. The molecule has 1 amide bonds. The zero-order chi connectivity index (χ0) is 16.4. The number of aromatic nitrogens is 3. The van der Waals surface area contributed by atoms with Crippen LogP contribution in [-0.2, 0) is 6.42 Å². The van der Waals surface area contributed by atoms with Crippen LogP contribution >= 0.6 is 11.3 Å². The molecule has 1 aromatic carbocycles. The fourth-order valence-corrected chi connectivity index (χ4v) is 2.95. The van der Waals surface area contributed by atoms with E-state index in [2.05, 4.69) is 20.3 Å². The first-order valence-electron chi connectivity index (χ1n) is 7.47. The summed E-state index contributed by atoms with van der Waals surface area (Å²) < 4.78 is 0. The van der Waals surface area contributed by atoms with E-state index in [1.165, 1.54) is 0 Å². The van der Waals surface area contributed by atoms with Crippen molar-refractivity contribution < 1.29 is 4.79 Å². The number of hydrogen-bond acceptors (Lipinski definition) is 5. The molecule has 3 aromatic rings. The number of aryl methyl sites for hydroxylation is 3. The maximum Gasteiger partial charge on any atom is 0.251 e. The third-order valence-corrected chi connectivity index (χ3v) is 4.49. The van der Waals surface area contributed by atoms with Crippen molar-refractivity contribution in [2.24, 2.45) is 0 Å². The SMILES string of the molecule is Cc1nc(CCNC(=O)c2ccc3nc(C)c(C)nc3c2)cs1. The summed E-state index contributed by atoms with van der Waals surface area (Å²) in [6.45, 7) is 6.40. The van der Waals surface area contributed by atoms with Crippen LogP contribution in [0.5, 0.6) is 0 Å². The van der Waals surface area contributed by atoms with Crippen molar-refractivity contribution in [3.8, 4) is 0 Å². The van der Waals surface area contributed by atoms with Gasteiger partial charge in [0.15, 0.2) is 0 Å². The number of thiazole rings is 1. The lowest BCUT2D eigenvalue weighted by molar-refractivity contribution is 0.0954. The Hall–Kier alpha value is -2.34. The van der Waals surface area contributed by atoms with Crippen LogP contribution in [0, 0.1) is 20.8 Å². The second kappa shape index (κ2) is 6.42. The largest absolute Gasteiger partial charge is 0.352 e. The smallest absolute Gasteiger partial charge is 0.251 e. The molecular weight excluding hydrogens is 308 g/mol. The van der Waals surface area contributed by atoms with Crippen LogP contribution in [0.15, 0.2) is 23.6 Å². The van der Waals surface area contributed by atoms with Gasteiger partial charge in [0.1, 0.15) is 0 Å². The van der Waals surface area contributed by atoms with Gasteiger partial charge in [0.2, 0.25) is 0 Å². The quantitative estimate of drug-likeness (QED) is 0.800. The number of carbonyl (C=O) groups is 1. The highest BCUT2D eigenvalue weighted by Gasteiger charge is 2.09. The Morgan fingerprint density at radius 3 is 2.52 bits per heavy atom. The summed E-state index contributed by atoms with van der Waals surface area (Å²) in [7, 11) is 0. The molecule has 2 aromatic heterocycles. The first-order valence-corrected chi connectivity index (χ1v) is 8.35. The van der Waals surface area contributed by atoms with Gasteiger partial charge in [-0.1, -0.05) is 0 Å². The van der Waals surface area contributed by atoms with Gasteiger partial charge in [-0.05, 0) is 39.0 Å². The van der Waals surface area contributed by atoms with Crippen LogP contribution < -0.4 is 5.32 Å². The highest BCUT2D eigenvalue weighted by molar-refractivity contribution is 7.09. The molecule has 118 valence electrons. The molecule has 0 atom stereocenters. The second-order valence-corrected chi connectivity index (χ2v) is 6.52. The molecule has 0 radical (unpaired) electrons. The molecule has 2 heterocycles. The van der Waals surface area contributed by atoms with Crippen molar-refractivity contribution >= 4 is 28.3 Å². The first-order chi connectivity index (χ1) is 11.0. The predicted molar refractivity (Wildman–Crippen MR) is 91.9 cm³/mol. The molecule has 3 rings (SSSR count). The van der Waals surface area contributed by atoms with E-state index in [9.17, 15) is 4.79 Å². The number of amides is 1. The van der Waals surface area contributed by atoms with Gasteiger partial charge >= 0.3 is 0 Å². The number of nitrogens with zero attached hydrogens (tertiary/aromatic N) is 3. The van der Waals surface area contributed by atoms with Crippen LogP contribution in [0.2, 0.25) is 0 Å². The summed E-state index contributed by atoms with van der Waals surface area (Å²) in [6.07, 6.45) is 0.738. The first kappa shape index (κ1) is 15.6. The van der Waals surface area contributed by atoms with Crippen molar-refractivity contribution in [1.29, 1.82) is 0 Å². The summed E-state index contributed by atoms with van der Waals surface area (Å²) in [5, 5.41) is 6.00. The standard InChI is InChI=1S/C17H18N4OS/c1-10-11(2)20-16-8-13(4-5-15(16)19-10)17(22)18-7-6-14-9-23-12(3)21-14/h4-5,8-9H,6-7H2,1-3H3,(H,18,22). The molecule has 0 aliphatic rings. The fourth-order valence-electron chi connectivity index (χ4n) is 2.30. The number of hydrogen-bond donors (Lipinski definition) is 1. The van der Waals surface area contributed by atoms with Crippen molar-refractivity contribution in [3.63, 3.8) is 0 Å². The average molecular weight is 326 g/mol. The van der Waals surface area contributed by atoms with E-state index < -0.39 is 0 Å². The summed E-state index contributed by atoms with van der Waals surface area (Å²) in [6, 6.07) is 5.42. The topological polar surface area (TPSA) is 67.8 Å². The van der Waals surface area contributed by atoms with Crippen molar-refractivity contribution in [2.45, 2.75) is 27.2 Å². The lowest BCUT2D eigenvalue weighted by Gasteiger charge is -2.06. The molecule has 23 heavy (non-hydrogen) atoms. The van der Waals surface area contributed by atoms with Gasteiger partial charge in [-0.15, -0.1) is 11.3 Å². The lowest BCUT2D eigenvalue weighted by Crippen LogP contribution is -2.25. The molecule has 0 aliphatic heterocycles. The third-order valence-electron chi connectivity index (χ3n) is 3.67. The van der Waals surface area contributed by atoms with Crippen molar-refractivity contribution in [1.82, 2.24) is 20.3 Å². The van der Waals surface area contributed by atoms with Crippen LogP contribution in [0.3, 0.4) is 0 Å². The normalized spacial score (nSPS) is 10.9. The maximum atomic E-state index is 12.3. The minimum absolute atomic E-state index is 0.0983. The molecule has 0 fully saturated rings. The zero-order valence-electron chi connectivity index (χ0n) is 13.4. The van der Waals surface area contributed by atoms with Gasteiger partial charge in [-0.3, -0.25) is 4.79 Å². The maximum absolute atomic E-state index is 12.3. The Bertz CT molecular complexity index is 872. The van der Waals surface area contributed by atoms with E-state index in [1.54, 1.807) is 23.5 Å². The Labute approximate surface area is 138 Å². The highest BCUT2D eigenvalue weighted by Crippen LogP contribution is 2.14. The van der Waals surface area contributed by atoms with Crippen LogP contribution in [-0.4, -0.2) is 27.4 Å². The van der Waals surface area contributed by atoms with Gasteiger partial charge in [-0.25, -0.2) is 15.0 Å². The van der Waals surface area contributed by atoms with E-state index in [1.807, 2.05) is 32.2 Å². The molecule has 0 saturated carbocycles. The number of nitrogens with one attached hydrogen (secondary N) is 1. The van der Waals surface area contributed by atoms with Gasteiger partial charge < -0.3 is 5.32 Å². The van der Waals surface area contributed by atoms with Gasteiger partial charge in [0.05, 0.1) is 33.1 Å². The Morgan fingerprint density at radius 2 is 1.83 bits per heavy atom. The van der Waals surface area contributed by atoms with Crippen LogP contribution in [0.25, 0.3) is 11.0 Å². The van der Waals surface area contributed by atoms with Crippen LogP contribution in [0.1, 0.15) is 32.4 Å². The number of rotatable bonds is 4. The number of carbonyl (C=O) groups excluding carboxylic acids is 1. The molecule has 1 N–H and O–H groups in total.